The number of rotatable bonds is 7. The number of carbonyl (C=O) groups excluding carboxylic acids is 1. The van der Waals surface area contributed by atoms with Crippen LogP contribution in [0.4, 0.5) is 20.4 Å². The van der Waals surface area contributed by atoms with Crippen LogP contribution in [0, 0.1) is 17.6 Å². The molecule has 5 rings (SSSR count). The van der Waals surface area contributed by atoms with Gasteiger partial charge in [-0.15, -0.1) is 0 Å². The summed E-state index contributed by atoms with van der Waals surface area (Å²) in [5, 5.41) is 3.98. The zero-order chi connectivity index (χ0) is 28.7. The van der Waals surface area contributed by atoms with E-state index in [1.807, 2.05) is 20.8 Å². The molecule has 1 aromatic carbocycles. The molecule has 3 heterocycles. The molecular formula is C30H38F2N6O2. The van der Waals surface area contributed by atoms with Gasteiger partial charge in [0, 0.05) is 47.7 Å². The third kappa shape index (κ3) is 5.09. The summed E-state index contributed by atoms with van der Waals surface area (Å²) in [6, 6.07) is 4.83. The van der Waals surface area contributed by atoms with E-state index in [-0.39, 0.29) is 40.7 Å². The van der Waals surface area contributed by atoms with Gasteiger partial charge in [0.05, 0.1) is 11.3 Å². The molecule has 1 aliphatic heterocycles. The smallest absolute Gasteiger partial charge is 0.260 e. The topological polar surface area (TPSA) is 83.4 Å². The molecule has 2 fully saturated rings. The quantitative estimate of drug-likeness (QED) is 0.425. The highest BCUT2D eigenvalue weighted by molar-refractivity contribution is 5.97. The van der Waals surface area contributed by atoms with Crippen molar-refractivity contribution in [2.24, 2.45) is 5.92 Å². The lowest BCUT2D eigenvalue weighted by Gasteiger charge is -2.33. The van der Waals surface area contributed by atoms with Crippen LogP contribution in [0.15, 0.2) is 29.2 Å². The molecule has 10 heteroatoms. The first-order valence-corrected chi connectivity index (χ1v) is 14.3. The molecule has 1 saturated carbocycles. The van der Waals surface area contributed by atoms with Crippen LogP contribution in [0.2, 0.25) is 0 Å². The van der Waals surface area contributed by atoms with Crippen molar-refractivity contribution in [3.63, 3.8) is 0 Å². The number of nitrogens with one attached hydrogen (secondary N) is 1. The van der Waals surface area contributed by atoms with Crippen LogP contribution >= 0.6 is 0 Å². The summed E-state index contributed by atoms with van der Waals surface area (Å²) >= 11 is 0. The zero-order valence-corrected chi connectivity index (χ0v) is 23.9. The molecule has 8 nitrogen and oxygen atoms in total. The molecule has 3 aromatic rings. The molecule has 0 spiro atoms. The third-order valence-electron chi connectivity index (χ3n) is 8.50. The van der Waals surface area contributed by atoms with E-state index in [4.69, 9.17) is 0 Å². The summed E-state index contributed by atoms with van der Waals surface area (Å²) in [7, 11) is 4.21. The maximum absolute atomic E-state index is 15.5. The number of nitrogens with zero attached hydrogens (tertiary/aromatic N) is 5. The Morgan fingerprint density at radius 1 is 1.05 bits per heavy atom. The molecule has 1 amide bonds. The van der Waals surface area contributed by atoms with E-state index in [1.165, 1.54) is 27.7 Å². The second-order valence-corrected chi connectivity index (χ2v) is 11.6. The molecule has 214 valence electrons. The normalized spacial score (nSPS) is 21.7. The molecule has 0 radical (unpaired) electrons. The predicted octanol–water partition coefficient (Wildman–Crippen LogP) is 5.37. The van der Waals surface area contributed by atoms with Gasteiger partial charge in [-0.05, 0) is 84.7 Å². The third-order valence-corrected chi connectivity index (χ3v) is 8.50. The Bertz CT molecular complexity index is 1480. The number of hydrogen-bond acceptors (Lipinski definition) is 6. The molecule has 2 aromatic heterocycles. The Morgan fingerprint density at radius 2 is 1.77 bits per heavy atom. The second-order valence-electron chi connectivity index (χ2n) is 11.6. The molecule has 1 atom stereocenters. The Labute approximate surface area is 233 Å². The maximum atomic E-state index is 15.5. The van der Waals surface area contributed by atoms with E-state index < -0.39 is 17.2 Å². The number of hydrogen-bond donors (Lipinski definition) is 1. The Morgan fingerprint density at radius 3 is 2.40 bits per heavy atom. The standard InChI is InChI=1S/C30H38F2N6O2/c1-6-18-13-14-37(28(18)39)24-12-11-22(25(31)26(24)32)23-15-19-16-33-30(35-27(19)38(17(2)3)29(23)40)34-20-7-9-21(10-8-20)36(4)5/h11-12,15-18,20-21H,6-10,13-14H2,1-5H3,(H,33,34,35)/t18?,20-,21-. The fourth-order valence-electron chi connectivity index (χ4n) is 6.09. The van der Waals surface area contributed by atoms with E-state index >= 15 is 8.78 Å². The largest absolute Gasteiger partial charge is 0.351 e. The summed E-state index contributed by atoms with van der Waals surface area (Å²) in [5.74, 6) is -2.21. The van der Waals surface area contributed by atoms with Gasteiger partial charge in [-0.25, -0.2) is 13.8 Å². The van der Waals surface area contributed by atoms with E-state index in [0.717, 1.165) is 25.7 Å². The van der Waals surface area contributed by atoms with Gasteiger partial charge in [-0.1, -0.05) is 6.92 Å². The van der Waals surface area contributed by atoms with Gasteiger partial charge in [-0.3, -0.25) is 14.2 Å². The highest BCUT2D eigenvalue weighted by Gasteiger charge is 2.34. The number of pyridine rings is 1. The van der Waals surface area contributed by atoms with Gasteiger partial charge in [0.25, 0.3) is 5.56 Å². The molecule has 1 saturated heterocycles. The minimum atomic E-state index is -1.15. The summed E-state index contributed by atoms with van der Waals surface area (Å²) in [6.07, 6.45) is 7.06. The lowest BCUT2D eigenvalue weighted by Crippen LogP contribution is -2.36. The number of carbonyl (C=O) groups is 1. The highest BCUT2D eigenvalue weighted by atomic mass is 19.2. The van der Waals surface area contributed by atoms with E-state index in [2.05, 4.69) is 34.3 Å². The molecular weight excluding hydrogens is 514 g/mol. The zero-order valence-electron chi connectivity index (χ0n) is 23.9. The van der Waals surface area contributed by atoms with E-state index in [9.17, 15) is 9.59 Å². The van der Waals surface area contributed by atoms with E-state index in [0.29, 0.717) is 42.4 Å². The lowest BCUT2D eigenvalue weighted by atomic mass is 9.91. The summed E-state index contributed by atoms with van der Waals surface area (Å²) in [4.78, 5) is 39.1. The van der Waals surface area contributed by atoms with Gasteiger partial charge in [0.15, 0.2) is 11.6 Å². The molecule has 1 aliphatic carbocycles. The molecule has 0 bridgehead atoms. The first kappa shape index (κ1) is 28.1. The van der Waals surface area contributed by atoms with Crippen LogP contribution in [-0.2, 0) is 4.79 Å². The van der Waals surface area contributed by atoms with Crippen LogP contribution in [-0.4, -0.2) is 58.1 Å². The predicted molar refractivity (Wildman–Crippen MR) is 154 cm³/mol. The molecule has 1 unspecified atom stereocenters. The van der Waals surface area contributed by atoms with Crippen molar-refractivity contribution in [3.8, 4) is 11.1 Å². The average molecular weight is 553 g/mol. The highest BCUT2D eigenvalue weighted by Crippen LogP contribution is 2.34. The molecule has 1 N–H and O–H groups in total. The monoisotopic (exact) mass is 552 g/mol. The minimum Gasteiger partial charge on any atom is -0.351 e. The summed E-state index contributed by atoms with van der Waals surface area (Å²) in [6.45, 7) is 5.95. The first-order valence-electron chi connectivity index (χ1n) is 14.3. The average Bonchev–Trinajstić information content (AvgIpc) is 3.30. The van der Waals surface area contributed by atoms with Crippen LogP contribution < -0.4 is 15.8 Å². The number of amides is 1. The van der Waals surface area contributed by atoms with Crippen LogP contribution in [0.3, 0.4) is 0 Å². The summed E-state index contributed by atoms with van der Waals surface area (Å²) in [5.41, 5.74) is -0.247. The van der Waals surface area contributed by atoms with Gasteiger partial charge in [0.1, 0.15) is 5.65 Å². The maximum Gasteiger partial charge on any atom is 0.260 e. The number of halogens is 2. The van der Waals surface area contributed by atoms with Crippen molar-refractivity contribution in [1.29, 1.82) is 0 Å². The van der Waals surface area contributed by atoms with E-state index in [1.54, 1.807) is 6.20 Å². The van der Waals surface area contributed by atoms with Gasteiger partial charge >= 0.3 is 0 Å². The van der Waals surface area contributed by atoms with Gasteiger partial charge in [-0.2, -0.15) is 4.98 Å². The number of aromatic nitrogens is 3. The number of benzene rings is 1. The Balaban J connectivity index is 1.49. The Kier molecular flexibility index (Phi) is 7.90. The van der Waals surface area contributed by atoms with Crippen LogP contribution in [0.5, 0.6) is 0 Å². The van der Waals surface area contributed by atoms with Crippen molar-refractivity contribution >= 4 is 28.6 Å². The van der Waals surface area contributed by atoms with Gasteiger partial charge in [0.2, 0.25) is 11.9 Å². The summed E-state index contributed by atoms with van der Waals surface area (Å²) < 4.78 is 32.4. The second kappa shape index (κ2) is 11.2. The van der Waals surface area contributed by atoms with Crippen molar-refractivity contribution in [2.75, 3.05) is 30.9 Å². The van der Waals surface area contributed by atoms with Gasteiger partial charge < -0.3 is 15.1 Å². The number of fused-ring (bicyclic) bond motifs is 1. The van der Waals surface area contributed by atoms with Crippen LogP contribution in [0.1, 0.15) is 65.3 Å². The SMILES string of the molecule is CCC1CCN(c2ccc(-c3cc4cnc(N[C@H]5CC[C@H](N(C)C)CC5)nc4n(C(C)C)c3=O)c(F)c2F)C1=O. The van der Waals surface area contributed by atoms with Crippen molar-refractivity contribution in [2.45, 2.75) is 77.4 Å². The van der Waals surface area contributed by atoms with Crippen molar-refractivity contribution in [1.82, 2.24) is 19.4 Å². The van der Waals surface area contributed by atoms with Crippen molar-refractivity contribution in [3.05, 3.63) is 46.4 Å². The Hall–Kier alpha value is -3.40. The minimum absolute atomic E-state index is 0.0228. The first-order chi connectivity index (χ1) is 19.1. The fourth-order valence-corrected chi connectivity index (χ4v) is 6.09. The molecule has 40 heavy (non-hydrogen) atoms. The van der Waals surface area contributed by atoms with Crippen LogP contribution in [0.25, 0.3) is 22.2 Å². The van der Waals surface area contributed by atoms with Crippen molar-refractivity contribution < 1.29 is 13.6 Å². The fraction of sp³-hybridized carbons (Fsp3) is 0.533. The number of anilines is 2. The lowest BCUT2D eigenvalue weighted by molar-refractivity contribution is -0.120. The molecule has 2 aliphatic rings.